The second-order valence-electron chi connectivity index (χ2n) is 5.00. The van der Waals surface area contributed by atoms with Crippen LogP contribution in [-0.2, 0) is 16.1 Å². The van der Waals surface area contributed by atoms with Gasteiger partial charge in [-0.1, -0.05) is 12.1 Å². The number of benzene rings is 1. The van der Waals surface area contributed by atoms with Crippen LogP contribution in [0.5, 0.6) is 0 Å². The summed E-state index contributed by atoms with van der Waals surface area (Å²) >= 11 is 0. The molecule has 3 nitrogen and oxygen atoms in total. The highest BCUT2D eigenvalue weighted by Crippen LogP contribution is 2.24. The molecular weight excluding hydrogens is 226 g/mol. The Balaban J connectivity index is 1.93. The minimum atomic E-state index is 0.415. The number of anilines is 1. The predicted molar refractivity (Wildman–Crippen MR) is 73.8 cm³/mol. The van der Waals surface area contributed by atoms with Crippen LogP contribution in [0.15, 0.2) is 24.3 Å². The summed E-state index contributed by atoms with van der Waals surface area (Å²) in [6.45, 7) is 0.668. The van der Waals surface area contributed by atoms with Gasteiger partial charge in [0.05, 0.1) is 12.7 Å². The molecule has 0 radical (unpaired) electrons. The maximum absolute atomic E-state index is 5.46. The fourth-order valence-electron chi connectivity index (χ4n) is 2.64. The molecule has 3 heteroatoms. The predicted octanol–water partition coefficient (Wildman–Crippen LogP) is 3.20. The lowest BCUT2D eigenvalue weighted by molar-refractivity contribution is 0.0669. The van der Waals surface area contributed by atoms with Crippen LogP contribution in [0.1, 0.15) is 31.2 Å². The SMILES string of the molecule is COCc1cccc(NC2CCCC(OC)C2)c1. The molecule has 1 N–H and O–H groups in total. The van der Waals surface area contributed by atoms with Crippen LogP contribution in [0, 0.1) is 0 Å². The first kappa shape index (κ1) is 13.4. The van der Waals surface area contributed by atoms with Gasteiger partial charge in [0, 0.05) is 25.9 Å². The molecule has 0 amide bonds. The van der Waals surface area contributed by atoms with Crippen molar-refractivity contribution in [2.45, 2.75) is 44.4 Å². The molecule has 0 spiro atoms. The normalized spacial score (nSPS) is 23.9. The van der Waals surface area contributed by atoms with E-state index in [2.05, 4.69) is 29.6 Å². The van der Waals surface area contributed by atoms with E-state index in [0.717, 1.165) is 6.42 Å². The molecule has 1 aromatic rings. The molecule has 1 aliphatic carbocycles. The number of hydrogen-bond acceptors (Lipinski definition) is 3. The number of hydrogen-bond donors (Lipinski definition) is 1. The summed E-state index contributed by atoms with van der Waals surface area (Å²) < 4.78 is 10.6. The third-order valence-electron chi connectivity index (χ3n) is 3.57. The van der Waals surface area contributed by atoms with E-state index >= 15 is 0 Å². The largest absolute Gasteiger partial charge is 0.382 e. The standard InChI is InChI=1S/C15H23NO2/c1-17-11-12-5-3-6-13(9-12)16-14-7-4-8-15(10-14)18-2/h3,5-6,9,14-16H,4,7-8,10-11H2,1-2H3. The van der Waals surface area contributed by atoms with Crippen LogP contribution in [0.4, 0.5) is 5.69 Å². The van der Waals surface area contributed by atoms with E-state index in [1.54, 1.807) is 7.11 Å². The smallest absolute Gasteiger partial charge is 0.0713 e. The number of ether oxygens (including phenoxy) is 2. The van der Waals surface area contributed by atoms with Gasteiger partial charge in [0.2, 0.25) is 0 Å². The Morgan fingerprint density at radius 2 is 2.17 bits per heavy atom. The lowest BCUT2D eigenvalue weighted by Gasteiger charge is -2.29. The molecule has 18 heavy (non-hydrogen) atoms. The zero-order valence-corrected chi connectivity index (χ0v) is 11.3. The van der Waals surface area contributed by atoms with E-state index < -0.39 is 0 Å². The van der Waals surface area contributed by atoms with Gasteiger partial charge in [0.25, 0.3) is 0 Å². The number of nitrogens with one attached hydrogen (secondary N) is 1. The Hall–Kier alpha value is -1.06. The van der Waals surface area contributed by atoms with E-state index in [-0.39, 0.29) is 0 Å². The van der Waals surface area contributed by atoms with Crippen molar-refractivity contribution >= 4 is 5.69 Å². The fraction of sp³-hybridized carbons (Fsp3) is 0.600. The van der Waals surface area contributed by atoms with Gasteiger partial charge in [0.1, 0.15) is 0 Å². The van der Waals surface area contributed by atoms with Crippen molar-refractivity contribution in [3.05, 3.63) is 29.8 Å². The van der Waals surface area contributed by atoms with Crippen LogP contribution in [0.25, 0.3) is 0 Å². The average Bonchev–Trinajstić information content (AvgIpc) is 2.40. The van der Waals surface area contributed by atoms with Crippen molar-refractivity contribution in [3.63, 3.8) is 0 Å². The highest BCUT2D eigenvalue weighted by Gasteiger charge is 2.21. The van der Waals surface area contributed by atoms with Gasteiger partial charge in [-0.15, -0.1) is 0 Å². The van der Waals surface area contributed by atoms with Crippen molar-refractivity contribution in [2.75, 3.05) is 19.5 Å². The Kier molecular flexibility index (Phi) is 5.02. The van der Waals surface area contributed by atoms with Crippen molar-refractivity contribution in [2.24, 2.45) is 0 Å². The van der Waals surface area contributed by atoms with Crippen LogP contribution in [0.3, 0.4) is 0 Å². The summed E-state index contributed by atoms with van der Waals surface area (Å²) in [5.74, 6) is 0. The van der Waals surface area contributed by atoms with Crippen molar-refractivity contribution in [3.8, 4) is 0 Å². The first-order valence-electron chi connectivity index (χ1n) is 6.69. The summed E-state index contributed by atoms with van der Waals surface area (Å²) in [4.78, 5) is 0. The molecule has 2 rings (SSSR count). The van der Waals surface area contributed by atoms with E-state index in [1.807, 2.05) is 7.11 Å². The van der Waals surface area contributed by atoms with Gasteiger partial charge in [-0.25, -0.2) is 0 Å². The molecule has 1 aromatic carbocycles. The summed E-state index contributed by atoms with van der Waals surface area (Å²) in [6.07, 6.45) is 5.18. The highest BCUT2D eigenvalue weighted by molar-refractivity contribution is 5.46. The second kappa shape index (κ2) is 6.76. The Bertz CT molecular complexity index is 367. The molecule has 0 bridgehead atoms. The van der Waals surface area contributed by atoms with Gasteiger partial charge in [-0.2, -0.15) is 0 Å². The Labute approximate surface area is 109 Å². The van der Waals surface area contributed by atoms with Crippen LogP contribution in [0.2, 0.25) is 0 Å². The van der Waals surface area contributed by atoms with E-state index in [1.165, 1.54) is 30.5 Å². The summed E-state index contributed by atoms with van der Waals surface area (Å²) in [5.41, 5.74) is 2.40. The topological polar surface area (TPSA) is 30.5 Å². The van der Waals surface area contributed by atoms with Crippen molar-refractivity contribution in [1.82, 2.24) is 0 Å². The monoisotopic (exact) mass is 249 g/mol. The quantitative estimate of drug-likeness (QED) is 0.869. The van der Waals surface area contributed by atoms with Crippen LogP contribution < -0.4 is 5.32 Å². The molecule has 0 heterocycles. The maximum Gasteiger partial charge on any atom is 0.0713 e. The molecule has 1 aliphatic rings. The van der Waals surface area contributed by atoms with Crippen molar-refractivity contribution in [1.29, 1.82) is 0 Å². The van der Waals surface area contributed by atoms with Crippen LogP contribution >= 0.6 is 0 Å². The molecule has 0 saturated heterocycles. The van der Waals surface area contributed by atoms with Crippen molar-refractivity contribution < 1.29 is 9.47 Å². The zero-order chi connectivity index (χ0) is 12.8. The number of rotatable bonds is 5. The first-order chi connectivity index (χ1) is 8.81. The number of methoxy groups -OCH3 is 2. The molecule has 100 valence electrons. The highest BCUT2D eigenvalue weighted by atomic mass is 16.5. The summed E-state index contributed by atoms with van der Waals surface area (Å²) in [5, 5.41) is 3.61. The van der Waals surface area contributed by atoms with E-state index in [9.17, 15) is 0 Å². The molecule has 1 saturated carbocycles. The fourth-order valence-corrected chi connectivity index (χ4v) is 2.64. The van der Waals surface area contributed by atoms with Gasteiger partial charge < -0.3 is 14.8 Å². The minimum Gasteiger partial charge on any atom is -0.382 e. The maximum atomic E-state index is 5.46. The third-order valence-corrected chi connectivity index (χ3v) is 3.57. The third kappa shape index (κ3) is 3.72. The van der Waals surface area contributed by atoms with E-state index in [4.69, 9.17) is 9.47 Å². The Morgan fingerprint density at radius 1 is 1.28 bits per heavy atom. The minimum absolute atomic E-state index is 0.415. The summed E-state index contributed by atoms with van der Waals surface area (Å²) in [6, 6.07) is 8.98. The van der Waals surface area contributed by atoms with Gasteiger partial charge >= 0.3 is 0 Å². The van der Waals surface area contributed by atoms with E-state index in [0.29, 0.717) is 18.8 Å². The molecule has 0 aliphatic heterocycles. The molecule has 2 unspecified atom stereocenters. The lowest BCUT2D eigenvalue weighted by atomic mass is 9.92. The molecular formula is C15H23NO2. The average molecular weight is 249 g/mol. The second-order valence-corrected chi connectivity index (χ2v) is 5.00. The van der Waals surface area contributed by atoms with Gasteiger partial charge in [-0.05, 0) is 43.4 Å². The first-order valence-corrected chi connectivity index (χ1v) is 6.69. The lowest BCUT2D eigenvalue weighted by Crippen LogP contribution is -2.31. The molecule has 2 atom stereocenters. The summed E-state index contributed by atoms with van der Waals surface area (Å²) in [7, 11) is 3.54. The molecule has 0 aromatic heterocycles. The Morgan fingerprint density at radius 3 is 2.94 bits per heavy atom. The molecule has 1 fully saturated rings. The van der Waals surface area contributed by atoms with Crippen LogP contribution in [-0.4, -0.2) is 26.4 Å². The zero-order valence-electron chi connectivity index (χ0n) is 11.3. The van der Waals surface area contributed by atoms with Gasteiger partial charge in [-0.3, -0.25) is 0 Å². The van der Waals surface area contributed by atoms with Gasteiger partial charge in [0.15, 0.2) is 0 Å².